The van der Waals surface area contributed by atoms with Gasteiger partial charge in [-0.1, -0.05) is 6.07 Å². The van der Waals surface area contributed by atoms with Gasteiger partial charge in [-0.15, -0.1) is 0 Å². The fourth-order valence-electron chi connectivity index (χ4n) is 2.67. The number of halogens is 4. The Morgan fingerprint density at radius 2 is 1.58 bits per heavy atom. The van der Waals surface area contributed by atoms with Crippen molar-refractivity contribution in [3.63, 3.8) is 0 Å². The van der Waals surface area contributed by atoms with Crippen molar-refractivity contribution in [3.05, 3.63) is 70.8 Å². The average molecular weight is 337 g/mol. The number of rotatable bonds is 2. The van der Waals surface area contributed by atoms with Gasteiger partial charge in [0.1, 0.15) is 11.6 Å². The third-order valence-electron chi connectivity index (χ3n) is 3.86. The number of amides is 1. The van der Waals surface area contributed by atoms with Gasteiger partial charge in [0.2, 0.25) is 0 Å². The smallest absolute Gasteiger partial charge is 0.266 e. The molecular weight excluding hydrogens is 326 g/mol. The second kappa shape index (κ2) is 5.33. The van der Waals surface area contributed by atoms with Crippen LogP contribution in [0.5, 0.6) is 0 Å². The van der Waals surface area contributed by atoms with Gasteiger partial charge in [0, 0.05) is 13.1 Å². The SMILES string of the molecule is CN1C(=O)C(c2cc(F)cc(F)c2)(c2ccc(F)c(F)c2)N=C1N. The first-order chi connectivity index (χ1) is 11.3. The zero-order chi connectivity index (χ0) is 17.6. The largest absolute Gasteiger partial charge is 0.369 e. The van der Waals surface area contributed by atoms with E-state index in [4.69, 9.17) is 5.73 Å². The summed E-state index contributed by atoms with van der Waals surface area (Å²) in [6.45, 7) is 0. The first-order valence-corrected chi connectivity index (χ1v) is 6.81. The minimum Gasteiger partial charge on any atom is -0.369 e. The standard InChI is InChI=1S/C16H11F4N3O/c1-23-14(24)16(22-15(23)21,8-2-3-12(19)13(20)6-8)9-4-10(17)7-11(18)5-9/h2-7H,1H3,(H2,21,22). The predicted octanol–water partition coefficient (Wildman–Crippen LogP) is 2.27. The lowest BCUT2D eigenvalue weighted by Crippen LogP contribution is -2.41. The minimum absolute atomic E-state index is 0.0938. The molecule has 1 aliphatic heterocycles. The molecule has 1 aliphatic rings. The van der Waals surface area contributed by atoms with Crippen LogP contribution in [-0.2, 0) is 10.3 Å². The highest BCUT2D eigenvalue weighted by molar-refractivity contribution is 6.08. The third-order valence-corrected chi connectivity index (χ3v) is 3.86. The van der Waals surface area contributed by atoms with Crippen molar-refractivity contribution in [1.29, 1.82) is 0 Å². The van der Waals surface area contributed by atoms with Crippen molar-refractivity contribution in [2.45, 2.75) is 5.54 Å². The molecule has 1 heterocycles. The summed E-state index contributed by atoms with van der Waals surface area (Å²) in [6.07, 6.45) is 0. The second-order valence-electron chi connectivity index (χ2n) is 5.33. The van der Waals surface area contributed by atoms with Gasteiger partial charge in [-0.3, -0.25) is 9.69 Å². The molecule has 0 aromatic heterocycles. The van der Waals surface area contributed by atoms with Crippen molar-refractivity contribution in [2.24, 2.45) is 10.7 Å². The minimum atomic E-state index is -1.99. The number of guanidine groups is 1. The van der Waals surface area contributed by atoms with Crippen LogP contribution in [0.4, 0.5) is 17.6 Å². The van der Waals surface area contributed by atoms with Crippen LogP contribution >= 0.6 is 0 Å². The molecule has 0 fully saturated rings. The average Bonchev–Trinajstić information content (AvgIpc) is 2.74. The number of nitrogens with zero attached hydrogens (tertiary/aromatic N) is 2. The quantitative estimate of drug-likeness (QED) is 0.855. The molecule has 1 amide bonds. The maximum absolute atomic E-state index is 13.7. The number of carbonyl (C=O) groups excluding carboxylic acids is 1. The summed E-state index contributed by atoms with van der Waals surface area (Å²) in [4.78, 5) is 17.7. The number of hydrogen-bond donors (Lipinski definition) is 1. The predicted molar refractivity (Wildman–Crippen MR) is 77.9 cm³/mol. The number of benzene rings is 2. The van der Waals surface area contributed by atoms with E-state index in [1.165, 1.54) is 7.05 Å². The van der Waals surface area contributed by atoms with E-state index in [-0.39, 0.29) is 17.1 Å². The molecule has 8 heteroatoms. The van der Waals surface area contributed by atoms with Gasteiger partial charge in [-0.2, -0.15) is 0 Å². The van der Waals surface area contributed by atoms with Crippen LogP contribution in [0, 0.1) is 23.3 Å². The van der Waals surface area contributed by atoms with Crippen LogP contribution in [0.1, 0.15) is 11.1 Å². The molecule has 1 unspecified atom stereocenters. The zero-order valence-electron chi connectivity index (χ0n) is 12.4. The van der Waals surface area contributed by atoms with Crippen LogP contribution in [0.2, 0.25) is 0 Å². The molecule has 0 spiro atoms. The van der Waals surface area contributed by atoms with Gasteiger partial charge in [0.05, 0.1) is 0 Å². The summed E-state index contributed by atoms with van der Waals surface area (Å²) in [5.74, 6) is -5.19. The van der Waals surface area contributed by atoms with Crippen LogP contribution < -0.4 is 5.73 Å². The summed E-state index contributed by atoms with van der Waals surface area (Å²) in [7, 11) is 1.32. The van der Waals surface area contributed by atoms with Crippen LogP contribution in [0.3, 0.4) is 0 Å². The maximum atomic E-state index is 13.7. The molecule has 124 valence electrons. The molecule has 3 rings (SSSR count). The highest BCUT2D eigenvalue weighted by atomic mass is 19.2. The normalized spacial score (nSPS) is 20.5. The van der Waals surface area contributed by atoms with E-state index in [1.807, 2.05) is 0 Å². The summed E-state index contributed by atoms with van der Waals surface area (Å²) < 4.78 is 54.2. The molecule has 0 bridgehead atoms. The molecule has 4 nitrogen and oxygen atoms in total. The third kappa shape index (κ3) is 2.22. The highest BCUT2D eigenvalue weighted by Gasteiger charge is 2.50. The zero-order valence-corrected chi connectivity index (χ0v) is 12.4. The molecule has 2 aromatic carbocycles. The number of nitrogens with two attached hydrogens (primary N) is 1. The molecule has 2 aromatic rings. The Labute approximate surface area is 134 Å². The summed E-state index contributed by atoms with van der Waals surface area (Å²) in [5, 5.41) is 0. The van der Waals surface area contributed by atoms with Crippen molar-refractivity contribution >= 4 is 11.9 Å². The molecule has 2 N–H and O–H groups in total. The first kappa shape index (κ1) is 16.0. The number of hydrogen-bond acceptors (Lipinski definition) is 3. The Balaban J connectivity index is 2.34. The Bertz CT molecular complexity index is 863. The monoisotopic (exact) mass is 337 g/mol. The topological polar surface area (TPSA) is 58.7 Å². The van der Waals surface area contributed by atoms with Crippen molar-refractivity contribution in [1.82, 2.24) is 4.90 Å². The summed E-state index contributed by atoms with van der Waals surface area (Å²) in [6, 6.07) is 5.11. The van der Waals surface area contributed by atoms with E-state index in [1.54, 1.807) is 0 Å². The molecule has 0 aliphatic carbocycles. The molecule has 24 heavy (non-hydrogen) atoms. The molecule has 1 atom stereocenters. The lowest BCUT2D eigenvalue weighted by atomic mass is 9.82. The molecule has 0 saturated carbocycles. The van der Waals surface area contributed by atoms with Gasteiger partial charge in [0.25, 0.3) is 5.91 Å². The van der Waals surface area contributed by atoms with Crippen molar-refractivity contribution in [3.8, 4) is 0 Å². The van der Waals surface area contributed by atoms with Gasteiger partial charge in [-0.05, 0) is 35.4 Å². The fraction of sp³-hybridized carbons (Fsp3) is 0.125. The summed E-state index contributed by atoms with van der Waals surface area (Å²) >= 11 is 0. The lowest BCUT2D eigenvalue weighted by Gasteiger charge is -2.26. The van der Waals surface area contributed by atoms with E-state index in [9.17, 15) is 22.4 Å². The Morgan fingerprint density at radius 3 is 2.08 bits per heavy atom. The van der Waals surface area contributed by atoms with Crippen LogP contribution in [-0.4, -0.2) is 23.8 Å². The van der Waals surface area contributed by atoms with Gasteiger partial charge in [-0.25, -0.2) is 22.6 Å². The van der Waals surface area contributed by atoms with E-state index in [0.717, 1.165) is 35.2 Å². The number of likely N-dealkylation sites (N-methyl/N-ethyl adjacent to an activating group) is 1. The van der Waals surface area contributed by atoms with Crippen LogP contribution in [0.15, 0.2) is 41.4 Å². The Hall–Kier alpha value is -2.90. The van der Waals surface area contributed by atoms with E-state index < -0.39 is 34.7 Å². The van der Waals surface area contributed by atoms with E-state index >= 15 is 0 Å². The number of aliphatic imine (C=N–C) groups is 1. The van der Waals surface area contributed by atoms with Gasteiger partial charge < -0.3 is 5.73 Å². The van der Waals surface area contributed by atoms with Gasteiger partial charge in [0.15, 0.2) is 23.1 Å². The van der Waals surface area contributed by atoms with E-state index in [0.29, 0.717) is 6.07 Å². The van der Waals surface area contributed by atoms with Crippen LogP contribution in [0.25, 0.3) is 0 Å². The van der Waals surface area contributed by atoms with Gasteiger partial charge >= 0.3 is 0 Å². The lowest BCUT2D eigenvalue weighted by molar-refractivity contribution is -0.129. The Kier molecular flexibility index (Phi) is 3.55. The maximum Gasteiger partial charge on any atom is 0.266 e. The van der Waals surface area contributed by atoms with E-state index in [2.05, 4.69) is 4.99 Å². The fourth-order valence-corrected chi connectivity index (χ4v) is 2.67. The highest BCUT2D eigenvalue weighted by Crippen LogP contribution is 2.40. The molecular formula is C16H11F4N3O. The molecule has 0 radical (unpaired) electrons. The summed E-state index contributed by atoms with van der Waals surface area (Å²) in [5.41, 5.74) is 3.40. The Morgan fingerprint density at radius 1 is 0.958 bits per heavy atom. The van der Waals surface area contributed by atoms with Crippen molar-refractivity contribution in [2.75, 3.05) is 7.05 Å². The molecule has 0 saturated heterocycles. The number of carbonyl (C=O) groups is 1. The second-order valence-corrected chi connectivity index (χ2v) is 5.33. The first-order valence-electron chi connectivity index (χ1n) is 6.81. The van der Waals surface area contributed by atoms with Crippen molar-refractivity contribution < 1.29 is 22.4 Å².